The van der Waals surface area contributed by atoms with Crippen LogP contribution >= 0.6 is 11.3 Å². The average Bonchev–Trinajstić information content (AvgIpc) is 3.26. The first-order chi connectivity index (χ1) is 14.2. The number of hydrogen-bond acceptors (Lipinski definition) is 7. The molecule has 0 saturated carbocycles. The molecule has 146 valence electrons. The van der Waals surface area contributed by atoms with Gasteiger partial charge in [0.15, 0.2) is 5.82 Å². The molecule has 0 spiro atoms. The minimum absolute atomic E-state index is 0.0166. The molecule has 29 heavy (non-hydrogen) atoms. The van der Waals surface area contributed by atoms with Crippen LogP contribution in [0.2, 0.25) is 0 Å². The van der Waals surface area contributed by atoms with Crippen LogP contribution in [0.25, 0.3) is 26.8 Å². The first kappa shape index (κ1) is 16.9. The normalized spacial score (nSPS) is 19.5. The van der Waals surface area contributed by atoms with Gasteiger partial charge >= 0.3 is 0 Å². The zero-order valence-electron chi connectivity index (χ0n) is 15.8. The van der Waals surface area contributed by atoms with Crippen molar-refractivity contribution < 1.29 is 4.79 Å². The van der Waals surface area contributed by atoms with E-state index in [1.807, 2.05) is 31.3 Å². The third-order valence-electron chi connectivity index (χ3n) is 5.62. The lowest BCUT2D eigenvalue weighted by Gasteiger charge is -2.24. The van der Waals surface area contributed by atoms with Gasteiger partial charge in [0.25, 0.3) is 5.91 Å². The first-order valence-corrected chi connectivity index (χ1v) is 10.5. The summed E-state index contributed by atoms with van der Waals surface area (Å²) in [5.74, 6) is 1.16. The summed E-state index contributed by atoms with van der Waals surface area (Å²) < 4.78 is 2.81. The van der Waals surface area contributed by atoms with Crippen LogP contribution in [-0.2, 0) is 0 Å². The number of nitrogens with zero attached hydrogens (tertiary/aromatic N) is 4. The monoisotopic (exact) mass is 405 g/mol. The predicted octanol–water partition coefficient (Wildman–Crippen LogP) is 2.26. The van der Waals surface area contributed by atoms with Gasteiger partial charge in [0.05, 0.1) is 23.1 Å². The summed E-state index contributed by atoms with van der Waals surface area (Å²) in [4.78, 5) is 18.1. The molecule has 8 nitrogen and oxygen atoms in total. The molecule has 0 radical (unpaired) electrons. The maximum Gasteiger partial charge on any atom is 0.263 e. The SMILES string of the molecule is C[C@@H]1CNc2c(sc3ccc4nc(-n5cc(C6CNC6)nn5)ccc4c23)C(=O)N1. The number of carbonyl (C=O) groups excluding carboxylic acids is 1. The van der Waals surface area contributed by atoms with Gasteiger partial charge in [0, 0.05) is 47.1 Å². The third-order valence-corrected chi connectivity index (χ3v) is 6.78. The van der Waals surface area contributed by atoms with Gasteiger partial charge in [0.1, 0.15) is 4.88 Å². The Morgan fingerprint density at radius 1 is 1.17 bits per heavy atom. The van der Waals surface area contributed by atoms with Crippen molar-refractivity contribution in [2.45, 2.75) is 18.9 Å². The lowest BCUT2D eigenvalue weighted by atomic mass is 10.0. The largest absolute Gasteiger partial charge is 0.381 e. The second kappa shape index (κ2) is 6.23. The fourth-order valence-corrected chi connectivity index (χ4v) is 5.01. The number of amides is 1. The van der Waals surface area contributed by atoms with E-state index in [0.29, 0.717) is 12.5 Å². The number of carbonyl (C=O) groups is 1. The number of fused-ring (bicyclic) bond motifs is 5. The van der Waals surface area contributed by atoms with Crippen LogP contribution in [0.4, 0.5) is 5.69 Å². The topological polar surface area (TPSA) is 96.8 Å². The fraction of sp³-hybridized carbons (Fsp3) is 0.300. The minimum atomic E-state index is -0.0166. The number of anilines is 1. The summed E-state index contributed by atoms with van der Waals surface area (Å²) in [5.41, 5.74) is 2.78. The quantitative estimate of drug-likeness (QED) is 0.473. The van der Waals surface area contributed by atoms with Gasteiger partial charge in [-0.25, -0.2) is 9.67 Å². The van der Waals surface area contributed by atoms with E-state index in [1.54, 1.807) is 4.68 Å². The van der Waals surface area contributed by atoms with Crippen LogP contribution in [-0.4, -0.2) is 51.6 Å². The van der Waals surface area contributed by atoms with Crippen LogP contribution in [0.15, 0.2) is 30.5 Å². The van der Waals surface area contributed by atoms with Gasteiger partial charge in [-0.15, -0.1) is 16.4 Å². The van der Waals surface area contributed by atoms with Crippen LogP contribution in [0.1, 0.15) is 28.2 Å². The van der Waals surface area contributed by atoms with Crippen molar-refractivity contribution in [2.75, 3.05) is 25.0 Å². The molecule has 1 aromatic carbocycles. The number of hydrogen-bond donors (Lipinski definition) is 3. The smallest absolute Gasteiger partial charge is 0.263 e. The van der Waals surface area contributed by atoms with Crippen LogP contribution in [0.3, 0.4) is 0 Å². The number of thiophene rings is 1. The van der Waals surface area contributed by atoms with E-state index in [-0.39, 0.29) is 11.9 Å². The number of aromatic nitrogens is 4. The Hall–Kier alpha value is -3.04. The molecule has 1 saturated heterocycles. The molecule has 1 atom stereocenters. The Morgan fingerprint density at radius 3 is 2.90 bits per heavy atom. The van der Waals surface area contributed by atoms with Crippen LogP contribution < -0.4 is 16.0 Å². The highest BCUT2D eigenvalue weighted by molar-refractivity contribution is 7.21. The van der Waals surface area contributed by atoms with E-state index in [0.717, 1.165) is 56.2 Å². The molecule has 9 heteroatoms. The second-order valence-electron chi connectivity index (χ2n) is 7.68. The van der Waals surface area contributed by atoms with Crippen molar-refractivity contribution in [3.8, 4) is 5.82 Å². The molecule has 0 aliphatic carbocycles. The molecule has 3 N–H and O–H groups in total. The molecule has 2 aliphatic heterocycles. The molecular formula is C20H19N7OS. The van der Waals surface area contributed by atoms with Crippen molar-refractivity contribution in [3.05, 3.63) is 41.0 Å². The van der Waals surface area contributed by atoms with Gasteiger partial charge in [-0.05, 0) is 31.2 Å². The summed E-state index contributed by atoms with van der Waals surface area (Å²) in [6.07, 6.45) is 1.96. The first-order valence-electron chi connectivity index (χ1n) is 9.72. The lowest BCUT2D eigenvalue weighted by Crippen LogP contribution is -2.40. The van der Waals surface area contributed by atoms with Crippen molar-refractivity contribution >= 4 is 43.9 Å². The van der Waals surface area contributed by atoms with Gasteiger partial charge < -0.3 is 16.0 Å². The number of pyridine rings is 1. The van der Waals surface area contributed by atoms with Crippen molar-refractivity contribution in [3.63, 3.8) is 0 Å². The maximum atomic E-state index is 12.6. The van der Waals surface area contributed by atoms with Gasteiger partial charge in [-0.2, -0.15) is 0 Å². The van der Waals surface area contributed by atoms with Gasteiger partial charge in [0.2, 0.25) is 0 Å². The summed E-state index contributed by atoms with van der Waals surface area (Å²) in [7, 11) is 0. The summed E-state index contributed by atoms with van der Waals surface area (Å²) in [6, 6.07) is 8.16. The third kappa shape index (κ3) is 2.61. The second-order valence-corrected chi connectivity index (χ2v) is 8.73. The summed E-state index contributed by atoms with van der Waals surface area (Å²) >= 11 is 1.52. The highest BCUT2D eigenvalue weighted by atomic mass is 32.1. The molecule has 3 aromatic heterocycles. The Bertz CT molecular complexity index is 1270. The molecule has 2 aliphatic rings. The summed E-state index contributed by atoms with van der Waals surface area (Å²) in [6.45, 7) is 4.60. The van der Waals surface area contributed by atoms with Gasteiger partial charge in [-0.3, -0.25) is 4.79 Å². The minimum Gasteiger partial charge on any atom is -0.381 e. The fourth-order valence-electron chi connectivity index (χ4n) is 3.92. The Labute approximate surface area is 170 Å². The highest BCUT2D eigenvalue weighted by Crippen LogP contribution is 2.40. The zero-order chi connectivity index (χ0) is 19.5. The molecule has 0 unspecified atom stereocenters. The molecular weight excluding hydrogens is 386 g/mol. The Kier molecular flexibility index (Phi) is 3.62. The van der Waals surface area contributed by atoms with E-state index in [4.69, 9.17) is 4.98 Å². The number of rotatable bonds is 2. The predicted molar refractivity (Wildman–Crippen MR) is 113 cm³/mol. The zero-order valence-corrected chi connectivity index (χ0v) is 16.6. The van der Waals surface area contributed by atoms with Crippen LogP contribution in [0.5, 0.6) is 0 Å². The molecule has 1 amide bonds. The summed E-state index contributed by atoms with van der Waals surface area (Å²) in [5, 5.41) is 20.4. The van der Waals surface area contributed by atoms with Crippen molar-refractivity contribution in [1.82, 2.24) is 30.6 Å². The van der Waals surface area contributed by atoms with Crippen molar-refractivity contribution in [2.24, 2.45) is 0 Å². The van der Waals surface area contributed by atoms with E-state index >= 15 is 0 Å². The lowest BCUT2D eigenvalue weighted by molar-refractivity contribution is 0.0949. The molecule has 0 bridgehead atoms. The van der Waals surface area contributed by atoms with E-state index < -0.39 is 0 Å². The average molecular weight is 405 g/mol. The van der Waals surface area contributed by atoms with E-state index in [9.17, 15) is 4.79 Å². The Balaban J connectivity index is 1.47. The molecule has 5 heterocycles. The maximum absolute atomic E-state index is 12.6. The van der Waals surface area contributed by atoms with Crippen LogP contribution in [0, 0.1) is 0 Å². The van der Waals surface area contributed by atoms with E-state index in [1.165, 1.54) is 11.3 Å². The van der Waals surface area contributed by atoms with Gasteiger partial charge in [-0.1, -0.05) is 5.21 Å². The molecule has 1 fully saturated rings. The molecule has 6 rings (SSSR count). The highest BCUT2D eigenvalue weighted by Gasteiger charge is 2.25. The van der Waals surface area contributed by atoms with Crippen molar-refractivity contribution in [1.29, 1.82) is 0 Å². The van der Waals surface area contributed by atoms with E-state index in [2.05, 4.69) is 32.3 Å². The molecule has 4 aromatic rings. The Morgan fingerprint density at radius 2 is 2.07 bits per heavy atom. The number of nitrogens with one attached hydrogen (secondary N) is 3. The standard InChI is InChI=1S/C20H19N7OS/c1-10-6-22-18-17-12-2-5-16(27-9-14(25-26-27)11-7-21-8-11)24-13(12)3-4-15(17)29-19(18)20(28)23-10/h2-5,9-11,21-22H,6-8H2,1H3,(H,23,28)/t10-/m1/s1. The number of benzene rings is 1.